The lowest BCUT2D eigenvalue weighted by molar-refractivity contribution is 0.101. The van der Waals surface area contributed by atoms with E-state index in [4.69, 9.17) is 4.74 Å². The second kappa shape index (κ2) is 3.91. The van der Waals surface area contributed by atoms with Crippen molar-refractivity contribution < 1.29 is 19.7 Å². The molecule has 0 unspecified atom stereocenters. The number of nitrogens with zero attached hydrogens (tertiary/aromatic N) is 1. The van der Waals surface area contributed by atoms with Gasteiger partial charge in [-0.1, -0.05) is 0 Å². The summed E-state index contributed by atoms with van der Waals surface area (Å²) in [4.78, 5) is 12.1. The number of benzene rings is 1. The van der Waals surface area contributed by atoms with E-state index >= 15 is 0 Å². The Hall–Kier alpha value is -2.69. The fraction of sp³-hybridized carbons (Fsp3) is 0.0714. The zero-order valence-corrected chi connectivity index (χ0v) is 10.1. The Morgan fingerprint density at radius 2 is 2.11 bits per heavy atom. The molecule has 0 fully saturated rings. The summed E-state index contributed by atoms with van der Waals surface area (Å²) in [6.07, 6.45) is 3.45. The number of carbonyl (C=O) groups excluding carboxylic acids is 1. The third kappa shape index (κ3) is 1.76. The molecule has 0 bridgehead atoms. The number of rotatable bonds is 1. The number of carbonyl (C=O) groups is 1. The summed E-state index contributed by atoms with van der Waals surface area (Å²) in [5, 5.41) is 19.1. The lowest BCUT2D eigenvalue weighted by atomic mass is 10.1. The monoisotopic (exact) mass is 257 g/mol. The molecule has 3 rings (SSSR count). The maximum Gasteiger partial charge on any atom is 0.235 e. The summed E-state index contributed by atoms with van der Waals surface area (Å²) in [5.41, 5.74) is 0.887. The van der Waals surface area contributed by atoms with Gasteiger partial charge in [-0.2, -0.15) is 0 Å². The fourth-order valence-corrected chi connectivity index (χ4v) is 2.04. The van der Waals surface area contributed by atoms with Crippen LogP contribution in [0.15, 0.2) is 36.2 Å². The number of phenols is 2. The van der Waals surface area contributed by atoms with Crippen LogP contribution >= 0.6 is 0 Å². The van der Waals surface area contributed by atoms with Crippen LogP contribution in [0.25, 0.3) is 6.08 Å². The molecule has 2 aromatic rings. The molecule has 5 heteroatoms. The van der Waals surface area contributed by atoms with Crippen molar-refractivity contribution in [1.29, 1.82) is 0 Å². The van der Waals surface area contributed by atoms with E-state index in [1.807, 2.05) is 29.9 Å². The number of Topliss-reactive ketones (excluding diaryl/α,β-unsaturated/α-hetero) is 1. The van der Waals surface area contributed by atoms with Gasteiger partial charge in [0.05, 0.1) is 0 Å². The highest BCUT2D eigenvalue weighted by Crippen LogP contribution is 2.40. The van der Waals surface area contributed by atoms with Gasteiger partial charge in [-0.25, -0.2) is 0 Å². The number of hydrogen-bond acceptors (Lipinski definition) is 4. The van der Waals surface area contributed by atoms with Crippen LogP contribution < -0.4 is 4.74 Å². The van der Waals surface area contributed by atoms with Crippen molar-refractivity contribution in [2.24, 2.45) is 7.05 Å². The van der Waals surface area contributed by atoms with Gasteiger partial charge in [0.25, 0.3) is 0 Å². The summed E-state index contributed by atoms with van der Waals surface area (Å²) in [6, 6.07) is 6.11. The van der Waals surface area contributed by atoms with Crippen molar-refractivity contribution in [1.82, 2.24) is 4.57 Å². The molecule has 0 saturated carbocycles. The van der Waals surface area contributed by atoms with Crippen molar-refractivity contribution in [2.75, 3.05) is 0 Å². The molecule has 1 aliphatic heterocycles. The molecule has 19 heavy (non-hydrogen) atoms. The summed E-state index contributed by atoms with van der Waals surface area (Å²) < 4.78 is 7.22. The summed E-state index contributed by atoms with van der Waals surface area (Å²) in [5.74, 6) is -0.534. The van der Waals surface area contributed by atoms with E-state index in [1.165, 1.54) is 6.07 Å². The number of aryl methyl sites for hydroxylation is 1. The lowest BCUT2D eigenvalue weighted by Gasteiger charge is -2.00. The average molecular weight is 257 g/mol. The molecule has 5 nitrogen and oxygen atoms in total. The minimum Gasteiger partial charge on any atom is -0.508 e. The van der Waals surface area contributed by atoms with E-state index in [0.717, 1.165) is 11.8 Å². The molecule has 0 amide bonds. The Labute approximate surface area is 109 Å². The van der Waals surface area contributed by atoms with Crippen molar-refractivity contribution in [3.63, 3.8) is 0 Å². The number of hydrogen-bond donors (Lipinski definition) is 2. The number of phenolic OH excluding ortho intramolecular Hbond substituents is 2. The summed E-state index contributed by atoms with van der Waals surface area (Å²) >= 11 is 0. The highest BCUT2D eigenvalue weighted by atomic mass is 16.5. The topological polar surface area (TPSA) is 71.7 Å². The molecule has 0 radical (unpaired) electrons. The third-order valence-electron chi connectivity index (χ3n) is 3.00. The minimum absolute atomic E-state index is 0.0817. The molecular weight excluding hydrogens is 246 g/mol. The number of aromatic nitrogens is 1. The Morgan fingerprint density at radius 3 is 2.79 bits per heavy atom. The van der Waals surface area contributed by atoms with Crippen LogP contribution in [-0.2, 0) is 7.05 Å². The molecule has 2 N–H and O–H groups in total. The molecule has 1 aromatic carbocycles. The van der Waals surface area contributed by atoms with E-state index in [9.17, 15) is 15.0 Å². The van der Waals surface area contributed by atoms with E-state index in [0.29, 0.717) is 0 Å². The fourth-order valence-electron chi connectivity index (χ4n) is 2.04. The SMILES string of the molecule is Cn1cccc1/C=C1\Oc2cc(O)cc(O)c2C1=O. The first-order chi connectivity index (χ1) is 9.06. The normalized spacial score (nSPS) is 15.6. The summed E-state index contributed by atoms with van der Waals surface area (Å²) in [7, 11) is 1.85. The van der Waals surface area contributed by atoms with E-state index in [1.54, 1.807) is 6.08 Å². The van der Waals surface area contributed by atoms with Gasteiger partial charge in [0.1, 0.15) is 22.8 Å². The molecule has 96 valence electrons. The molecule has 1 aliphatic rings. The van der Waals surface area contributed by atoms with Gasteiger partial charge in [0.15, 0.2) is 5.76 Å². The van der Waals surface area contributed by atoms with Gasteiger partial charge in [-0.05, 0) is 12.1 Å². The highest BCUT2D eigenvalue weighted by molar-refractivity contribution is 6.16. The molecule has 1 aromatic heterocycles. The molecule has 2 heterocycles. The Bertz CT molecular complexity index is 712. The molecule has 0 aliphatic carbocycles. The van der Waals surface area contributed by atoms with Crippen molar-refractivity contribution in [2.45, 2.75) is 0 Å². The van der Waals surface area contributed by atoms with Crippen molar-refractivity contribution >= 4 is 11.9 Å². The second-order valence-corrected chi connectivity index (χ2v) is 4.32. The minimum atomic E-state index is -0.395. The second-order valence-electron chi connectivity index (χ2n) is 4.32. The predicted molar refractivity (Wildman–Crippen MR) is 68.1 cm³/mol. The number of ether oxygens (including phenoxy) is 1. The van der Waals surface area contributed by atoms with Crippen molar-refractivity contribution in [3.05, 3.63) is 47.5 Å². The first-order valence-electron chi connectivity index (χ1n) is 5.68. The smallest absolute Gasteiger partial charge is 0.235 e. The number of ketones is 1. The lowest BCUT2D eigenvalue weighted by Crippen LogP contribution is -1.99. The average Bonchev–Trinajstić information content (AvgIpc) is 2.85. The van der Waals surface area contributed by atoms with E-state index in [-0.39, 0.29) is 28.6 Å². The van der Waals surface area contributed by atoms with Gasteiger partial charge in [-0.15, -0.1) is 0 Å². The largest absolute Gasteiger partial charge is 0.508 e. The Morgan fingerprint density at radius 1 is 1.32 bits per heavy atom. The maximum absolute atomic E-state index is 12.1. The molecule has 0 atom stereocenters. The summed E-state index contributed by atoms with van der Waals surface area (Å²) in [6.45, 7) is 0. The number of allylic oxidation sites excluding steroid dienone is 1. The Kier molecular flexibility index (Phi) is 2.35. The van der Waals surface area contributed by atoms with Crippen LogP contribution in [0.4, 0.5) is 0 Å². The van der Waals surface area contributed by atoms with Crippen LogP contribution in [0.5, 0.6) is 17.2 Å². The maximum atomic E-state index is 12.1. The van der Waals surface area contributed by atoms with Crippen LogP contribution in [0, 0.1) is 0 Å². The standard InChI is InChI=1S/C14H11NO4/c1-15-4-2-3-8(15)5-12-14(18)13-10(17)6-9(16)7-11(13)19-12/h2-7,16-17H,1H3/b12-5-. The van der Waals surface area contributed by atoms with Gasteiger partial charge in [-0.3, -0.25) is 4.79 Å². The van der Waals surface area contributed by atoms with Crippen LogP contribution in [-0.4, -0.2) is 20.6 Å². The Balaban J connectivity index is 2.07. The first kappa shape index (κ1) is 11.4. The zero-order chi connectivity index (χ0) is 13.6. The van der Waals surface area contributed by atoms with Gasteiger partial charge >= 0.3 is 0 Å². The van der Waals surface area contributed by atoms with E-state index in [2.05, 4.69) is 0 Å². The highest BCUT2D eigenvalue weighted by Gasteiger charge is 2.31. The van der Waals surface area contributed by atoms with Gasteiger partial charge in [0, 0.05) is 37.1 Å². The number of fused-ring (bicyclic) bond motifs is 1. The van der Waals surface area contributed by atoms with Crippen LogP contribution in [0.3, 0.4) is 0 Å². The number of aromatic hydroxyl groups is 2. The van der Waals surface area contributed by atoms with Crippen LogP contribution in [0.1, 0.15) is 16.1 Å². The van der Waals surface area contributed by atoms with Gasteiger partial charge in [0.2, 0.25) is 5.78 Å². The first-order valence-corrected chi connectivity index (χ1v) is 5.68. The van der Waals surface area contributed by atoms with Gasteiger partial charge < -0.3 is 19.5 Å². The molecule has 0 saturated heterocycles. The predicted octanol–water partition coefficient (Wildman–Crippen LogP) is 2.05. The van der Waals surface area contributed by atoms with Crippen molar-refractivity contribution in [3.8, 4) is 17.2 Å². The quantitative estimate of drug-likeness (QED) is 0.767. The third-order valence-corrected chi connectivity index (χ3v) is 3.00. The molecular formula is C14H11NO4. The van der Waals surface area contributed by atoms with Crippen LogP contribution in [0.2, 0.25) is 0 Å². The zero-order valence-electron chi connectivity index (χ0n) is 10.1. The molecule has 0 spiro atoms. The van der Waals surface area contributed by atoms with E-state index < -0.39 is 5.78 Å².